The first-order valence-corrected chi connectivity index (χ1v) is 11.8. The molecular weight excluding hydrogens is 446 g/mol. The molecule has 11 heteroatoms. The summed E-state index contributed by atoms with van der Waals surface area (Å²) in [6, 6.07) is 10.8. The van der Waals surface area contributed by atoms with E-state index in [1.807, 2.05) is 0 Å². The number of rotatable bonds is 5. The molecule has 2 amide bonds. The lowest BCUT2D eigenvalue weighted by Crippen LogP contribution is -2.47. The summed E-state index contributed by atoms with van der Waals surface area (Å²) in [6.07, 6.45) is 3.64. The van der Waals surface area contributed by atoms with Gasteiger partial charge in [0.15, 0.2) is 0 Å². The third-order valence-electron chi connectivity index (χ3n) is 5.46. The number of carbonyl (C=O) groups excluding carboxylic acids is 2. The number of nitrogens with one attached hydrogen (secondary N) is 2. The van der Waals surface area contributed by atoms with Crippen molar-refractivity contribution in [1.29, 1.82) is 0 Å². The SMILES string of the molecule is CC(=O)Nc1ccc(S(=O)(=O)N2CCC(NC(=O)c3cnc4ccccn4c3=O)CC2)cc1. The van der Waals surface area contributed by atoms with Gasteiger partial charge >= 0.3 is 0 Å². The van der Waals surface area contributed by atoms with Crippen LogP contribution in [0.4, 0.5) is 5.69 Å². The van der Waals surface area contributed by atoms with Gasteiger partial charge in [-0.15, -0.1) is 0 Å². The van der Waals surface area contributed by atoms with Crippen LogP contribution in [0.25, 0.3) is 5.65 Å². The lowest BCUT2D eigenvalue weighted by molar-refractivity contribution is -0.114. The molecule has 4 rings (SSSR count). The number of aromatic nitrogens is 2. The Kier molecular flexibility index (Phi) is 6.25. The fourth-order valence-corrected chi connectivity index (χ4v) is 5.22. The molecule has 2 N–H and O–H groups in total. The number of hydrogen-bond acceptors (Lipinski definition) is 6. The van der Waals surface area contributed by atoms with Gasteiger partial charge in [0.25, 0.3) is 11.5 Å². The molecule has 1 fully saturated rings. The number of carbonyl (C=O) groups is 2. The van der Waals surface area contributed by atoms with Crippen molar-refractivity contribution in [3.63, 3.8) is 0 Å². The standard InChI is InChI=1S/C22H23N5O5S/c1-15(28)24-16-5-7-18(8-6-16)33(31,32)26-12-9-17(10-13-26)25-21(29)19-14-23-20-4-2-3-11-27(20)22(19)30/h2-8,11,14,17H,9-10,12-13H2,1H3,(H,24,28)(H,25,29). The first-order chi connectivity index (χ1) is 15.8. The Morgan fingerprint density at radius 1 is 1.06 bits per heavy atom. The van der Waals surface area contributed by atoms with E-state index in [9.17, 15) is 22.8 Å². The molecule has 2 aromatic heterocycles. The maximum atomic E-state index is 12.9. The van der Waals surface area contributed by atoms with Crippen molar-refractivity contribution < 1.29 is 18.0 Å². The summed E-state index contributed by atoms with van der Waals surface area (Å²) in [6.45, 7) is 1.84. The Labute approximate surface area is 190 Å². The number of pyridine rings is 1. The van der Waals surface area contributed by atoms with Gasteiger partial charge in [-0.1, -0.05) is 6.07 Å². The molecule has 1 aromatic carbocycles. The lowest BCUT2D eigenvalue weighted by atomic mass is 10.1. The highest BCUT2D eigenvalue weighted by atomic mass is 32.2. The summed E-state index contributed by atoms with van der Waals surface area (Å²) >= 11 is 0. The van der Waals surface area contributed by atoms with Crippen LogP contribution in [0.5, 0.6) is 0 Å². The molecule has 0 spiro atoms. The molecule has 1 saturated heterocycles. The van der Waals surface area contributed by atoms with Gasteiger partial charge in [-0.2, -0.15) is 4.31 Å². The van der Waals surface area contributed by atoms with Crippen LogP contribution < -0.4 is 16.2 Å². The minimum Gasteiger partial charge on any atom is -0.349 e. The molecule has 1 aliphatic rings. The molecule has 0 saturated carbocycles. The summed E-state index contributed by atoms with van der Waals surface area (Å²) in [5.74, 6) is -0.766. The number of nitrogens with zero attached hydrogens (tertiary/aromatic N) is 3. The number of amides is 2. The van der Waals surface area contributed by atoms with E-state index in [1.54, 1.807) is 24.4 Å². The molecule has 172 valence electrons. The minimum atomic E-state index is -3.70. The quantitative estimate of drug-likeness (QED) is 0.578. The Balaban J connectivity index is 1.39. The van der Waals surface area contributed by atoms with Crippen molar-refractivity contribution in [2.24, 2.45) is 0 Å². The van der Waals surface area contributed by atoms with Gasteiger partial charge in [0.2, 0.25) is 15.9 Å². The first kappa shape index (κ1) is 22.6. The van der Waals surface area contributed by atoms with Gasteiger partial charge in [-0.05, 0) is 49.2 Å². The van der Waals surface area contributed by atoms with E-state index in [1.165, 1.54) is 46.1 Å². The zero-order valence-corrected chi connectivity index (χ0v) is 18.7. The van der Waals surface area contributed by atoms with E-state index in [2.05, 4.69) is 15.6 Å². The molecule has 0 aliphatic carbocycles. The van der Waals surface area contributed by atoms with Crippen molar-refractivity contribution in [1.82, 2.24) is 19.0 Å². The summed E-state index contributed by atoms with van der Waals surface area (Å²) in [5.41, 5.74) is 0.443. The van der Waals surface area contributed by atoms with Crippen LogP contribution in [-0.4, -0.2) is 53.1 Å². The fraction of sp³-hybridized carbons (Fsp3) is 0.273. The predicted octanol–water partition coefficient (Wildman–Crippen LogP) is 1.24. The molecule has 3 aromatic rings. The number of piperidine rings is 1. The van der Waals surface area contributed by atoms with Crippen molar-refractivity contribution >= 4 is 33.2 Å². The van der Waals surface area contributed by atoms with E-state index in [4.69, 9.17) is 0 Å². The molecule has 33 heavy (non-hydrogen) atoms. The number of benzene rings is 1. The molecule has 0 atom stereocenters. The number of sulfonamides is 1. The fourth-order valence-electron chi connectivity index (χ4n) is 3.75. The average Bonchev–Trinajstić information content (AvgIpc) is 2.80. The van der Waals surface area contributed by atoms with E-state index in [0.717, 1.165) is 0 Å². The maximum Gasteiger partial charge on any atom is 0.270 e. The van der Waals surface area contributed by atoms with Gasteiger partial charge < -0.3 is 10.6 Å². The van der Waals surface area contributed by atoms with Crippen molar-refractivity contribution in [2.45, 2.75) is 30.7 Å². The number of hydrogen-bond donors (Lipinski definition) is 2. The van der Waals surface area contributed by atoms with Crippen molar-refractivity contribution in [3.05, 3.63) is 70.8 Å². The first-order valence-electron chi connectivity index (χ1n) is 10.4. The van der Waals surface area contributed by atoms with Gasteiger partial charge in [0.1, 0.15) is 11.2 Å². The summed E-state index contributed by atoms with van der Waals surface area (Å²) < 4.78 is 28.6. The van der Waals surface area contributed by atoms with Gasteiger partial charge in [-0.3, -0.25) is 18.8 Å². The van der Waals surface area contributed by atoms with Crippen LogP contribution in [0, 0.1) is 0 Å². The van der Waals surface area contributed by atoms with E-state index >= 15 is 0 Å². The summed E-state index contributed by atoms with van der Waals surface area (Å²) in [7, 11) is -3.70. The van der Waals surface area contributed by atoms with Crippen molar-refractivity contribution in [2.75, 3.05) is 18.4 Å². The topological polar surface area (TPSA) is 130 Å². The molecule has 0 radical (unpaired) electrons. The molecule has 0 unspecified atom stereocenters. The second-order valence-corrected chi connectivity index (χ2v) is 9.70. The Bertz CT molecular complexity index is 1360. The van der Waals surface area contributed by atoms with Crippen LogP contribution in [0.15, 0.2) is 64.5 Å². The third kappa shape index (κ3) is 4.78. The summed E-state index contributed by atoms with van der Waals surface area (Å²) in [5, 5.41) is 5.42. The van der Waals surface area contributed by atoms with E-state index in [0.29, 0.717) is 24.2 Å². The molecule has 1 aliphatic heterocycles. The zero-order valence-electron chi connectivity index (χ0n) is 17.9. The van der Waals surface area contributed by atoms with Crippen LogP contribution in [-0.2, 0) is 14.8 Å². The lowest BCUT2D eigenvalue weighted by Gasteiger charge is -2.31. The maximum absolute atomic E-state index is 12.9. The second kappa shape index (κ2) is 9.12. The zero-order chi connectivity index (χ0) is 23.6. The number of fused-ring (bicyclic) bond motifs is 1. The smallest absolute Gasteiger partial charge is 0.270 e. The van der Waals surface area contributed by atoms with E-state index < -0.39 is 21.5 Å². The molecule has 0 bridgehead atoms. The van der Waals surface area contributed by atoms with Crippen LogP contribution in [0.3, 0.4) is 0 Å². The Morgan fingerprint density at radius 3 is 2.42 bits per heavy atom. The van der Waals surface area contributed by atoms with Gasteiger partial charge in [-0.25, -0.2) is 13.4 Å². The van der Waals surface area contributed by atoms with Crippen molar-refractivity contribution in [3.8, 4) is 0 Å². The van der Waals surface area contributed by atoms with E-state index in [-0.39, 0.29) is 35.5 Å². The molecule has 3 heterocycles. The molecule has 10 nitrogen and oxygen atoms in total. The van der Waals surface area contributed by atoms with Gasteiger partial charge in [0, 0.05) is 44.1 Å². The van der Waals surface area contributed by atoms with Crippen LogP contribution >= 0.6 is 0 Å². The summed E-state index contributed by atoms with van der Waals surface area (Å²) in [4.78, 5) is 40.7. The third-order valence-corrected chi connectivity index (χ3v) is 7.37. The average molecular weight is 470 g/mol. The monoisotopic (exact) mass is 469 g/mol. The van der Waals surface area contributed by atoms with Crippen LogP contribution in [0.1, 0.15) is 30.1 Å². The highest BCUT2D eigenvalue weighted by Crippen LogP contribution is 2.22. The molecular formula is C22H23N5O5S. The highest BCUT2D eigenvalue weighted by Gasteiger charge is 2.30. The highest BCUT2D eigenvalue weighted by molar-refractivity contribution is 7.89. The largest absolute Gasteiger partial charge is 0.349 e. The normalized spacial score (nSPS) is 15.3. The Hall–Kier alpha value is -3.57. The van der Waals surface area contributed by atoms with Gasteiger partial charge in [0.05, 0.1) is 4.90 Å². The predicted molar refractivity (Wildman–Crippen MR) is 121 cm³/mol. The second-order valence-electron chi connectivity index (χ2n) is 7.76. The minimum absolute atomic E-state index is 0.0620. The van der Waals surface area contributed by atoms with Crippen LogP contribution in [0.2, 0.25) is 0 Å². The Morgan fingerprint density at radius 2 is 1.76 bits per heavy atom. The number of anilines is 1.